The van der Waals surface area contributed by atoms with Crippen molar-refractivity contribution in [2.45, 2.75) is 19.9 Å². The van der Waals surface area contributed by atoms with Crippen molar-refractivity contribution >= 4 is 29.5 Å². The average Bonchev–Trinajstić information content (AvgIpc) is 3.06. The van der Waals surface area contributed by atoms with Crippen LogP contribution >= 0.6 is 11.6 Å². The fraction of sp³-hybridized carbons (Fsp3) is 0.286. The number of halogens is 1. The Morgan fingerprint density at radius 2 is 2.10 bits per heavy atom. The Morgan fingerprint density at radius 3 is 2.66 bits per heavy atom. The third kappa shape index (κ3) is 8.93. The van der Waals surface area contributed by atoms with Gasteiger partial charge < -0.3 is 33.4 Å². The van der Waals surface area contributed by atoms with E-state index in [1.54, 1.807) is 41.2 Å². The summed E-state index contributed by atoms with van der Waals surface area (Å²) in [5.41, 5.74) is 0.969. The standard InChI is InChI=1S/C14H14ClN3O.C7H12NO.Li/c1-9(2)18-10(3)16-8-13(18)14(19)17-12-7-5-4-6-11(12)15;1-3-8(2)6-4-5-7-9;/h4-9H,1,3H2,2H3,(H,17,19);4-5H,3,6H2,1-2H3;/q-2;-1;+1/b;5-4+;/t9-;;/m0../s1. The van der Waals surface area contributed by atoms with E-state index >= 15 is 0 Å². The van der Waals surface area contributed by atoms with E-state index in [-0.39, 0.29) is 30.8 Å². The zero-order valence-electron chi connectivity index (χ0n) is 17.5. The predicted octanol–water partition coefficient (Wildman–Crippen LogP) is 0.974. The number of rotatable bonds is 7. The number of carbonyl (C=O) groups is 1. The summed E-state index contributed by atoms with van der Waals surface area (Å²) < 4.78 is 1.67. The molecule has 152 valence electrons. The van der Waals surface area contributed by atoms with Gasteiger partial charge in [0.1, 0.15) is 5.69 Å². The monoisotopic (exact) mass is 408 g/mol. The van der Waals surface area contributed by atoms with E-state index in [1.165, 1.54) is 12.3 Å². The van der Waals surface area contributed by atoms with Crippen LogP contribution in [0.1, 0.15) is 36.2 Å². The molecule has 1 aromatic carbocycles. The second-order valence-corrected chi connectivity index (χ2v) is 6.49. The summed E-state index contributed by atoms with van der Waals surface area (Å²) in [5, 5.41) is 3.23. The maximum Gasteiger partial charge on any atom is 1.00 e. The summed E-state index contributed by atoms with van der Waals surface area (Å²) >= 11 is 6.00. The number of nitrogens with zero attached hydrogens (tertiary/aromatic N) is 3. The molecular weight excluding hydrogens is 383 g/mol. The van der Waals surface area contributed by atoms with Crippen LogP contribution in [0.5, 0.6) is 0 Å². The number of nitrogens with one attached hydrogen (secondary N) is 1. The molecule has 0 aliphatic rings. The van der Waals surface area contributed by atoms with Gasteiger partial charge >= 0.3 is 18.9 Å². The normalized spacial score (nSPS) is 11.4. The molecular formula is C21H26ClLiN4O2-2. The van der Waals surface area contributed by atoms with Gasteiger partial charge in [0.25, 0.3) is 5.91 Å². The fourth-order valence-electron chi connectivity index (χ4n) is 2.22. The molecule has 29 heavy (non-hydrogen) atoms. The molecule has 0 unspecified atom stereocenters. The van der Waals surface area contributed by atoms with Gasteiger partial charge in [0.2, 0.25) is 0 Å². The molecule has 0 bridgehead atoms. The molecule has 0 saturated carbocycles. The summed E-state index contributed by atoms with van der Waals surface area (Å²) in [6, 6.07) is 6.91. The van der Waals surface area contributed by atoms with Crippen molar-refractivity contribution in [2.24, 2.45) is 0 Å². The number of para-hydroxylation sites is 1. The number of hydrogen-bond acceptors (Lipinski definition) is 4. The molecule has 0 aliphatic carbocycles. The molecule has 0 saturated heterocycles. The van der Waals surface area contributed by atoms with Crippen molar-refractivity contribution in [3.05, 3.63) is 73.0 Å². The van der Waals surface area contributed by atoms with Gasteiger partial charge in [0.05, 0.1) is 16.9 Å². The zero-order valence-corrected chi connectivity index (χ0v) is 18.2. The Balaban J connectivity index is 0.000000672. The van der Waals surface area contributed by atoms with Gasteiger partial charge in [0, 0.05) is 0 Å². The minimum Gasteiger partial charge on any atom is -0.419 e. The predicted molar refractivity (Wildman–Crippen MR) is 114 cm³/mol. The van der Waals surface area contributed by atoms with Crippen molar-refractivity contribution in [2.75, 3.05) is 25.5 Å². The second kappa shape index (κ2) is 14.1. The second-order valence-electron chi connectivity index (χ2n) is 6.09. The Morgan fingerprint density at radius 1 is 1.45 bits per heavy atom. The van der Waals surface area contributed by atoms with Gasteiger partial charge in [-0.1, -0.05) is 43.6 Å². The van der Waals surface area contributed by atoms with Gasteiger partial charge in [-0.15, -0.1) is 0 Å². The van der Waals surface area contributed by atoms with Crippen LogP contribution in [0.3, 0.4) is 0 Å². The number of anilines is 1. The fourth-order valence-corrected chi connectivity index (χ4v) is 2.40. The number of allylic oxidation sites excluding steroid dienone is 1. The van der Waals surface area contributed by atoms with Crippen molar-refractivity contribution in [1.29, 1.82) is 0 Å². The number of imidazole rings is 1. The quantitative estimate of drug-likeness (QED) is 0.421. The molecule has 0 spiro atoms. The molecule has 0 radical (unpaired) electrons. The van der Waals surface area contributed by atoms with Crippen molar-refractivity contribution in [1.82, 2.24) is 14.5 Å². The average molecular weight is 409 g/mol. The van der Waals surface area contributed by atoms with Crippen LogP contribution in [0.15, 0.2) is 42.6 Å². The Labute approximate surface area is 190 Å². The molecule has 1 heterocycles. The summed E-state index contributed by atoms with van der Waals surface area (Å²) in [7, 11) is 2.00. The van der Waals surface area contributed by atoms with Crippen molar-refractivity contribution in [3.63, 3.8) is 0 Å². The molecule has 1 atom stereocenters. The van der Waals surface area contributed by atoms with Gasteiger partial charge in [-0.25, -0.2) is 6.08 Å². The van der Waals surface area contributed by atoms with E-state index in [1.807, 2.05) is 14.0 Å². The zero-order chi connectivity index (χ0) is 21.1. The number of aromatic nitrogens is 2. The third-order valence-electron chi connectivity index (χ3n) is 3.81. The van der Waals surface area contributed by atoms with Crippen molar-refractivity contribution in [3.8, 4) is 0 Å². The maximum atomic E-state index is 12.2. The van der Waals surface area contributed by atoms with E-state index in [0.29, 0.717) is 22.2 Å². The largest absolute Gasteiger partial charge is 1.00 e. The first kappa shape index (κ1) is 27.0. The SMILES string of the molecule is CCN(C)C/C=C/[C-]=O.[CH2-]c1ncc(C(=O)Nc2ccccc2Cl)n1[C@@H]([CH2-])C.[Li+]. The van der Waals surface area contributed by atoms with Gasteiger partial charge in [-0.2, -0.15) is 6.08 Å². The molecule has 1 N–H and O–H groups in total. The van der Waals surface area contributed by atoms with Crippen LogP contribution in [0, 0.1) is 13.8 Å². The van der Waals surface area contributed by atoms with Crippen LogP contribution in [0.2, 0.25) is 5.02 Å². The number of likely N-dealkylation sites (N-methyl/N-ethyl adjacent to an activating group) is 1. The molecule has 2 aromatic rings. The first-order valence-corrected chi connectivity index (χ1v) is 9.18. The summed E-state index contributed by atoms with van der Waals surface area (Å²) in [5.74, 6) is 0.220. The Bertz CT molecular complexity index is 806. The van der Waals surface area contributed by atoms with Gasteiger partial charge in [0.15, 0.2) is 0 Å². The van der Waals surface area contributed by atoms with Gasteiger partial charge in [-0.05, 0) is 44.4 Å². The molecule has 1 amide bonds. The first-order chi connectivity index (χ1) is 13.3. The van der Waals surface area contributed by atoms with E-state index in [9.17, 15) is 9.59 Å². The minimum atomic E-state index is -0.286. The molecule has 0 fully saturated rings. The number of amides is 1. The number of carbonyl (C=O) groups excluding carboxylic acids is 2. The third-order valence-corrected chi connectivity index (χ3v) is 4.14. The summed E-state index contributed by atoms with van der Waals surface area (Å²) in [6.07, 6.45) is 6.36. The molecule has 0 aliphatic heterocycles. The molecule has 2 rings (SSSR count). The van der Waals surface area contributed by atoms with Gasteiger partial charge in [-0.3, -0.25) is 9.78 Å². The molecule has 1 aromatic heterocycles. The van der Waals surface area contributed by atoms with E-state index in [2.05, 4.69) is 36.0 Å². The van der Waals surface area contributed by atoms with Crippen LogP contribution in [-0.4, -0.2) is 46.8 Å². The summed E-state index contributed by atoms with van der Waals surface area (Å²) in [6.45, 7) is 13.4. The molecule has 6 nitrogen and oxygen atoms in total. The number of benzene rings is 1. The topological polar surface area (TPSA) is 67.2 Å². The van der Waals surface area contributed by atoms with Crippen LogP contribution in [-0.2, 0) is 4.79 Å². The van der Waals surface area contributed by atoms with Crippen LogP contribution in [0.4, 0.5) is 5.69 Å². The van der Waals surface area contributed by atoms with E-state index < -0.39 is 0 Å². The van der Waals surface area contributed by atoms with Crippen LogP contribution in [0.25, 0.3) is 0 Å². The minimum absolute atomic E-state index is 0. The van der Waals surface area contributed by atoms with E-state index in [4.69, 9.17) is 11.6 Å². The first-order valence-electron chi connectivity index (χ1n) is 8.81. The Hall–Kier alpha value is -1.97. The Kier molecular flexibility index (Phi) is 13.1. The molecule has 8 heteroatoms. The smallest absolute Gasteiger partial charge is 0.419 e. The van der Waals surface area contributed by atoms with E-state index in [0.717, 1.165) is 13.1 Å². The van der Waals surface area contributed by atoms with Crippen molar-refractivity contribution < 1.29 is 28.4 Å². The number of hydrogen-bond donors (Lipinski definition) is 1. The maximum absolute atomic E-state index is 12.2. The van der Waals surface area contributed by atoms with Crippen LogP contribution < -0.4 is 24.2 Å². The summed E-state index contributed by atoms with van der Waals surface area (Å²) in [4.78, 5) is 28.0.